The molecule has 0 aliphatic rings. The van der Waals surface area contributed by atoms with E-state index >= 15 is 0 Å². The average molecular weight is 275 g/mol. The number of rotatable bonds is 1. The van der Waals surface area contributed by atoms with Crippen LogP contribution in [-0.4, -0.2) is 13.9 Å². The molecule has 0 fully saturated rings. The zero-order valence-electron chi connectivity index (χ0n) is 3.74. The van der Waals surface area contributed by atoms with Gasteiger partial charge in [0.05, 0.1) is 0 Å². The first-order chi connectivity index (χ1) is 3.81. The molecule has 0 saturated heterocycles. The molecule has 56 valence electrons. The van der Waals surface area contributed by atoms with E-state index in [1.807, 2.05) is 0 Å². The van der Waals surface area contributed by atoms with Crippen molar-refractivity contribution in [3.8, 4) is 0 Å². The molecule has 0 spiro atoms. The number of nitrogens with one attached hydrogen (secondary N) is 1. The maximum absolute atomic E-state index is 11.2. The monoisotopic (exact) mass is 275 g/mol. The molecule has 0 heterocycles. The summed E-state index contributed by atoms with van der Waals surface area (Å²) in [4.78, 5) is 0. The Morgan fingerprint density at radius 2 is 1.67 bits per heavy atom. The van der Waals surface area contributed by atoms with E-state index in [-0.39, 0.29) is 0 Å². The maximum atomic E-state index is 11.2. The lowest BCUT2D eigenvalue weighted by atomic mass is 11.6. The van der Waals surface area contributed by atoms with Gasteiger partial charge in [-0.15, -0.1) is 2.94 Å². The van der Waals surface area contributed by atoms with E-state index in [9.17, 15) is 21.6 Å². The van der Waals surface area contributed by atoms with Crippen LogP contribution in [0.4, 0.5) is 13.2 Å². The van der Waals surface area contributed by atoms with Gasteiger partial charge in [-0.25, -0.2) is 8.42 Å². The van der Waals surface area contributed by atoms with Gasteiger partial charge in [0.2, 0.25) is 0 Å². The highest BCUT2D eigenvalue weighted by Gasteiger charge is 2.45. The fraction of sp³-hybridized carbons (Fsp3) is 1.00. The molecule has 1 N–H and O–H groups in total. The standard InChI is InChI=1S/CHF3INO2S/c2-1(3,4)9(7,8)6-5/h6H. The third-order valence-electron chi connectivity index (χ3n) is 0.406. The normalized spacial score (nSPS) is 13.8. The van der Waals surface area contributed by atoms with Crippen LogP contribution in [0.15, 0.2) is 0 Å². The van der Waals surface area contributed by atoms with Crippen LogP contribution in [0.3, 0.4) is 0 Å². The molecule has 0 aliphatic carbocycles. The Labute approximate surface area is 63.2 Å². The van der Waals surface area contributed by atoms with Crippen LogP contribution in [0.1, 0.15) is 0 Å². The molecule has 0 aromatic rings. The first kappa shape index (κ1) is 9.43. The van der Waals surface area contributed by atoms with Crippen molar-refractivity contribution in [2.75, 3.05) is 0 Å². The fourth-order valence-corrected chi connectivity index (χ4v) is 0.880. The molecule has 0 bridgehead atoms. The summed E-state index contributed by atoms with van der Waals surface area (Å²) in [6.07, 6.45) is 0. The van der Waals surface area contributed by atoms with Crippen LogP contribution >= 0.6 is 22.9 Å². The second kappa shape index (κ2) is 2.58. The predicted octanol–water partition coefficient (Wildman–Crippen LogP) is 0.776. The van der Waals surface area contributed by atoms with Crippen LogP contribution in [0, 0.1) is 0 Å². The summed E-state index contributed by atoms with van der Waals surface area (Å²) in [6, 6.07) is 0. The Balaban J connectivity index is 4.57. The van der Waals surface area contributed by atoms with E-state index in [0.717, 1.165) is 25.8 Å². The largest absolute Gasteiger partial charge is 0.512 e. The van der Waals surface area contributed by atoms with Gasteiger partial charge in [0.1, 0.15) is 0 Å². The second-order valence-corrected chi connectivity index (χ2v) is 3.97. The van der Waals surface area contributed by atoms with E-state index in [2.05, 4.69) is 0 Å². The molecule has 0 rings (SSSR count). The van der Waals surface area contributed by atoms with Crippen LogP contribution < -0.4 is 2.94 Å². The van der Waals surface area contributed by atoms with Gasteiger partial charge in [0, 0.05) is 22.9 Å². The molecule has 0 aliphatic heterocycles. The van der Waals surface area contributed by atoms with Gasteiger partial charge in [-0.05, 0) is 0 Å². The van der Waals surface area contributed by atoms with Crippen LogP contribution in [-0.2, 0) is 10.0 Å². The summed E-state index contributed by atoms with van der Waals surface area (Å²) in [6.45, 7) is 0. The highest BCUT2D eigenvalue weighted by atomic mass is 127. The topological polar surface area (TPSA) is 46.2 Å². The molecule has 3 nitrogen and oxygen atoms in total. The third kappa shape index (κ3) is 2.26. The van der Waals surface area contributed by atoms with Crippen molar-refractivity contribution in [2.45, 2.75) is 5.51 Å². The minimum atomic E-state index is -5.20. The summed E-state index contributed by atoms with van der Waals surface area (Å²) >= 11 is 0.897. The number of hydrogen-bond donors (Lipinski definition) is 1. The molecule has 8 heteroatoms. The van der Waals surface area contributed by atoms with Crippen molar-refractivity contribution in [1.29, 1.82) is 0 Å². The molecule has 0 saturated carbocycles. The highest BCUT2D eigenvalue weighted by Crippen LogP contribution is 2.21. The van der Waals surface area contributed by atoms with Crippen LogP contribution in [0.5, 0.6) is 0 Å². The van der Waals surface area contributed by atoms with E-state index < -0.39 is 15.5 Å². The summed E-state index contributed by atoms with van der Waals surface area (Å²) in [5, 5.41) is 0. The zero-order valence-corrected chi connectivity index (χ0v) is 6.71. The van der Waals surface area contributed by atoms with Crippen molar-refractivity contribution in [3.63, 3.8) is 0 Å². The van der Waals surface area contributed by atoms with Crippen molar-refractivity contribution >= 4 is 32.9 Å². The summed E-state index contributed by atoms with van der Waals surface area (Å²) in [5.41, 5.74) is -5.20. The van der Waals surface area contributed by atoms with Gasteiger partial charge in [-0.1, -0.05) is 0 Å². The zero-order chi connectivity index (χ0) is 7.71. The van der Waals surface area contributed by atoms with Crippen molar-refractivity contribution in [3.05, 3.63) is 0 Å². The lowest BCUT2D eigenvalue weighted by Crippen LogP contribution is -2.30. The second-order valence-electron chi connectivity index (χ2n) is 1.03. The lowest BCUT2D eigenvalue weighted by molar-refractivity contribution is -0.0439. The van der Waals surface area contributed by atoms with Gasteiger partial charge in [-0.2, -0.15) is 13.2 Å². The molecular formula is CHF3INO2S. The summed E-state index contributed by atoms with van der Waals surface area (Å²) < 4.78 is 54.2. The molecule has 0 radical (unpaired) electrons. The van der Waals surface area contributed by atoms with E-state index in [4.69, 9.17) is 0 Å². The number of halogens is 4. The number of sulfonamides is 1. The van der Waals surface area contributed by atoms with E-state index in [1.165, 1.54) is 0 Å². The quantitative estimate of drug-likeness (QED) is 0.567. The van der Waals surface area contributed by atoms with Crippen LogP contribution in [0.25, 0.3) is 0 Å². The highest BCUT2D eigenvalue weighted by molar-refractivity contribution is 14.1. The van der Waals surface area contributed by atoms with Gasteiger partial charge < -0.3 is 0 Å². The maximum Gasteiger partial charge on any atom is 0.512 e. The van der Waals surface area contributed by atoms with Crippen LogP contribution in [0.2, 0.25) is 0 Å². The Morgan fingerprint density at radius 3 is 1.67 bits per heavy atom. The Kier molecular flexibility index (Phi) is 2.70. The Bertz CT molecular complexity index is 182. The summed E-state index contributed by atoms with van der Waals surface area (Å²) in [5.74, 6) is 0. The first-order valence-electron chi connectivity index (χ1n) is 1.50. The average Bonchev–Trinajstić information content (AvgIpc) is 1.64. The molecular weight excluding hydrogens is 274 g/mol. The molecule has 0 aromatic heterocycles. The Hall–Kier alpha value is 0.430. The molecule has 0 atom stereocenters. The molecule has 0 amide bonds. The molecule has 0 aromatic carbocycles. The van der Waals surface area contributed by atoms with E-state index in [1.54, 1.807) is 0 Å². The predicted molar refractivity (Wildman–Crippen MR) is 32.1 cm³/mol. The molecule has 0 unspecified atom stereocenters. The fourth-order valence-electron chi connectivity index (χ4n) is 0.0437. The van der Waals surface area contributed by atoms with Gasteiger partial charge >= 0.3 is 15.5 Å². The van der Waals surface area contributed by atoms with Crippen molar-refractivity contribution in [1.82, 2.24) is 2.94 Å². The van der Waals surface area contributed by atoms with E-state index in [0.29, 0.717) is 0 Å². The Morgan fingerprint density at radius 1 is 1.33 bits per heavy atom. The smallest absolute Gasteiger partial charge is 0.202 e. The SMILES string of the molecule is O=S(=O)(NI)C(F)(F)F. The minimum absolute atomic E-state index is 0.897. The van der Waals surface area contributed by atoms with Gasteiger partial charge in [0.25, 0.3) is 0 Å². The van der Waals surface area contributed by atoms with Gasteiger partial charge in [-0.3, -0.25) is 0 Å². The van der Waals surface area contributed by atoms with Gasteiger partial charge in [0.15, 0.2) is 0 Å². The lowest BCUT2D eigenvalue weighted by Gasteiger charge is -2.02. The third-order valence-corrected chi connectivity index (χ3v) is 2.96. The van der Waals surface area contributed by atoms with Crippen molar-refractivity contribution in [2.24, 2.45) is 0 Å². The summed E-state index contributed by atoms with van der Waals surface area (Å²) in [7, 11) is -5.10. The molecule has 9 heavy (non-hydrogen) atoms. The minimum Gasteiger partial charge on any atom is -0.202 e. The number of alkyl halides is 3. The number of hydrogen-bond acceptors (Lipinski definition) is 2. The first-order valence-corrected chi connectivity index (χ1v) is 4.06. The van der Waals surface area contributed by atoms with Crippen molar-refractivity contribution < 1.29 is 21.6 Å².